The standard InChI is InChI=1S/C23H24N2O3S/c1-4-24-22(26)14-28-20-11-7-17(13-21(20)27-3)8-12-23-25-19(15-29-23)18-9-5-16(2)6-10-18/h5-13,15H,4,14H2,1-3H3,(H,24,26). The fourth-order valence-electron chi connectivity index (χ4n) is 2.69. The van der Waals surface area contributed by atoms with Crippen molar-refractivity contribution in [3.05, 3.63) is 64.0 Å². The van der Waals surface area contributed by atoms with Crippen LogP contribution >= 0.6 is 11.3 Å². The van der Waals surface area contributed by atoms with E-state index < -0.39 is 0 Å². The third-order valence-electron chi connectivity index (χ3n) is 4.21. The molecule has 0 bridgehead atoms. The van der Waals surface area contributed by atoms with Crippen LogP contribution in [0.15, 0.2) is 47.8 Å². The number of benzene rings is 2. The number of methoxy groups -OCH3 is 1. The highest BCUT2D eigenvalue weighted by atomic mass is 32.1. The number of aromatic nitrogens is 1. The van der Waals surface area contributed by atoms with Gasteiger partial charge < -0.3 is 14.8 Å². The summed E-state index contributed by atoms with van der Waals surface area (Å²) in [4.78, 5) is 16.3. The maximum Gasteiger partial charge on any atom is 0.257 e. The highest BCUT2D eigenvalue weighted by Gasteiger charge is 2.08. The summed E-state index contributed by atoms with van der Waals surface area (Å²) < 4.78 is 10.9. The van der Waals surface area contributed by atoms with E-state index in [-0.39, 0.29) is 12.5 Å². The van der Waals surface area contributed by atoms with E-state index in [1.54, 1.807) is 24.5 Å². The van der Waals surface area contributed by atoms with Crippen LogP contribution in [0.25, 0.3) is 23.4 Å². The van der Waals surface area contributed by atoms with Crippen molar-refractivity contribution in [2.75, 3.05) is 20.3 Å². The third-order valence-corrected chi connectivity index (χ3v) is 5.02. The molecule has 1 heterocycles. The molecule has 0 aliphatic heterocycles. The Bertz CT molecular complexity index is 994. The van der Waals surface area contributed by atoms with Gasteiger partial charge in [-0.15, -0.1) is 11.3 Å². The molecule has 0 aliphatic carbocycles. The molecule has 0 spiro atoms. The number of rotatable bonds is 8. The molecule has 3 aromatic rings. The van der Waals surface area contributed by atoms with Gasteiger partial charge in [-0.2, -0.15) is 0 Å². The molecule has 6 heteroatoms. The minimum Gasteiger partial charge on any atom is -0.493 e. The van der Waals surface area contributed by atoms with Gasteiger partial charge >= 0.3 is 0 Å². The van der Waals surface area contributed by atoms with Crippen molar-refractivity contribution in [1.82, 2.24) is 10.3 Å². The van der Waals surface area contributed by atoms with Gasteiger partial charge in [-0.3, -0.25) is 4.79 Å². The monoisotopic (exact) mass is 408 g/mol. The number of amides is 1. The van der Waals surface area contributed by atoms with Crippen molar-refractivity contribution >= 4 is 29.4 Å². The number of hydrogen-bond acceptors (Lipinski definition) is 5. The van der Waals surface area contributed by atoms with Gasteiger partial charge in [0.05, 0.1) is 12.8 Å². The second-order valence-corrected chi connectivity index (χ2v) is 7.31. The smallest absolute Gasteiger partial charge is 0.257 e. The first-order valence-electron chi connectivity index (χ1n) is 9.37. The molecule has 0 saturated carbocycles. The molecule has 1 amide bonds. The average Bonchev–Trinajstić information content (AvgIpc) is 3.20. The zero-order valence-electron chi connectivity index (χ0n) is 16.8. The summed E-state index contributed by atoms with van der Waals surface area (Å²) in [7, 11) is 1.58. The molecule has 0 saturated heterocycles. The third kappa shape index (κ3) is 5.68. The van der Waals surface area contributed by atoms with Gasteiger partial charge in [0, 0.05) is 17.5 Å². The Balaban J connectivity index is 1.69. The van der Waals surface area contributed by atoms with E-state index in [1.165, 1.54) is 5.56 Å². The molecular formula is C23H24N2O3S. The molecule has 0 atom stereocenters. The number of likely N-dealkylation sites (N-methyl/N-ethyl adjacent to an activating group) is 1. The molecule has 0 aliphatic rings. The number of nitrogens with one attached hydrogen (secondary N) is 1. The Hall–Kier alpha value is -3.12. The van der Waals surface area contributed by atoms with Crippen LogP contribution in [0.4, 0.5) is 0 Å². The van der Waals surface area contributed by atoms with Crippen LogP contribution < -0.4 is 14.8 Å². The number of hydrogen-bond donors (Lipinski definition) is 1. The molecule has 0 radical (unpaired) electrons. The maximum absolute atomic E-state index is 11.6. The van der Waals surface area contributed by atoms with Crippen molar-refractivity contribution in [3.8, 4) is 22.8 Å². The fourth-order valence-corrected chi connectivity index (χ4v) is 3.41. The van der Waals surface area contributed by atoms with E-state index in [0.717, 1.165) is 21.8 Å². The van der Waals surface area contributed by atoms with Crippen molar-refractivity contribution in [3.63, 3.8) is 0 Å². The second-order valence-electron chi connectivity index (χ2n) is 6.42. The minimum absolute atomic E-state index is 0.0414. The quantitative estimate of drug-likeness (QED) is 0.581. The lowest BCUT2D eigenvalue weighted by molar-refractivity contribution is -0.123. The second kappa shape index (κ2) is 9.89. The normalized spacial score (nSPS) is 10.9. The zero-order chi connectivity index (χ0) is 20.6. The maximum atomic E-state index is 11.6. The minimum atomic E-state index is -0.160. The first kappa shape index (κ1) is 20.6. The van der Waals surface area contributed by atoms with Crippen LogP contribution in [0.2, 0.25) is 0 Å². The molecule has 0 fully saturated rings. The van der Waals surface area contributed by atoms with Gasteiger partial charge in [0.1, 0.15) is 5.01 Å². The van der Waals surface area contributed by atoms with Crippen molar-refractivity contribution in [2.45, 2.75) is 13.8 Å². The Morgan fingerprint density at radius 2 is 1.93 bits per heavy atom. The Kier molecular flexibility index (Phi) is 7.03. The summed E-state index contributed by atoms with van der Waals surface area (Å²) in [5, 5.41) is 5.68. The highest BCUT2D eigenvalue weighted by Crippen LogP contribution is 2.29. The summed E-state index contributed by atoms with van der Waals surface area (Å²) in [5.41, 5.74) is 4.28. The van der Waals surface area contributed by atoms with Crippen LogP contribution in [-0.2, 0) is 4.79 Å². The summed E-state index contributed by atoms with van der Waals surface area (Å²) in [6.45, 7) is 4.47. The molecular weight excluding hydrogens is 384 g/mol. The lowest BCUT2D eigenvalue weighted by Gasteiger charge is -2.11. The van der Waals surface area contributed by atoms with Crippen molar-refractivity contribution < 1.29 is 14.3 Å². The van der Waals surface area contributed by atoms with Crippen LogP contribution in [0.5, 0.6) is 11.5 Å². The van der Waals surface area contributed by atoms with Gasteiger partial charge in [0.25, 0.3) is 5.91 Å². The van der Waals surface area contributed by atoms with E-state index in [0.29, 0.717) is 18.0 Å². The van der Waals surface area contributed by atoms with E-state index in [4.69, 9.17) is 9.47 Å². The van der Waals surface area contributed by atoms with E-state index in [1.807, 2.05) is 31.2 Å². The number of aryl methyl sites for hydroxylation is 1. The SMILES string of the molecule is CCNC(=O)COc1ccc(C=Cc2nc(-c3ccc(C)cc3)cs2)cc1OC. The van der Waals surface area contributed by atoms with Crippen LogP contribution in [-0.4, -0.2) is 31.2 Å². The molecule has 5 nitrogen and oxygen atoms in total. The lowest BCUT2D eigenvalue weighted by Crippen LogP contribution is -2.28. The van der Waals surface area contributed by atoms with Crippen LogP contribution in [0.3, 0.4) is 0 Å². The first-order valence-corrected chi connectivity index (χ1v) is 10.2. The Labute approximate surface area is 175 Å². The summed E-state index contributed by atoms with van der Waals surface area (Å²) in [6, 6.07) is 13.9. The molecule has 1 aromatic heterocycles. The number of thiazole rings is 1. The molecule has 0 unspecified atom stereocenters. The number of ether oxygens (including phenoxy) is 2. The molecule has 150 valence electrons. The summed E-state index contributed by atoms with van der Waals surface area (Å²) in [5.74, 6) is 0.953. The Morgan fingerprint density at radius 3 is 2.66 bits per heavy atom. The number of carbonyl (C=O) groups excluding carboxylic acids is 1. The van der Waals surface area contributed by atoms with Crippen molar-refractivity contribution in [2.24, 2.45) is 0 Å². The molecule has 1 N–H and O–H groups in total. The largest absolute Gasteiger partial charge is 0.493 e. The van der Waals surface area contributed by atoms with Crippen molar-refractivity contribution in [1.29, 1.82) is 0 Å². The Morgan fingerprint density at radius 1 is 1.14 bits per heavy atom. The van der Waals surface area contributed by atoms with E-state index in [2.05, 4.69) is 46.9 Å². The van der Waals surface area contributed by atoms with Gasteiger partial charge in [0.15, 0.2) is 18.1 Å². The van der Waals surface area contributed by atoms with Crippen LogP contribution in [0, 0.1) is 6.92 Å². The summed E-state index contributed by atoms with van der Waals surface area (Å²) in [6.07, 6.45) is 3.96. The van der Waals surface area contributed by atoms with E-state index >= 15 is 0 Å². The van der Waals surface area contributed by atoms with Gasteiger partial charge in [-0.05, 0) is 37.6 Å². The molecule has 2 aromatic carbocycles. The molecule has 29 heavy (non-hydrogen) atoms. The summed E-state index contributed by atoms with van der Waals surface area (Å²) >= 11 is 1.60. The zero-order valence-corrected chi connectivity index (χ0v) is 17.6. The number of nitrogens with zero attached hydrogens (tertiary/aromatic N) is 1. The van der Waals surface area contributed by atoms with Gasteiger partial charge in [-0.1, -0.05) is 42.0 Å². The first-order chi connectivity index (χ1) is 14.1. The van der Waals surface area contributed by atoms with Crippen LogP contribution in [0.1, 0.15) is 23.1 Å². The van der Waals surface area contributed by atoms with Gasteiger partial charge in [0.2, 0.25) is 0 Å². The predicted molar refractivity (Wildman–Crippen MR) is 118 cm³/mol. The lowest BCUT2D eigenvalue weighted by atomic mass is 10.1. The fraction of sp³-hybridized carbons (Fsp3) is 0.217. The highest BCUT2D eigenvalue weighted by molar-refractivity contribution is 7.10. The topological polar surface area (TPSA) is 60.5 Å². The predicted octanol–water partition coefficient (Wildman–Crippen LogP) is 4.81. The van der Waals surface area contributed by atoms with E-state index in [9.17, 15) is 4.79 Å². The van der Waals surface area contributed by atoms with Gasteiger partial charge in [-0.25, -0.2) is 4.98 Å². The average molecular weight is 409 g/mol. The molecule has 3 rings (SSSR count). The number of carbonyl (C=O) groups is 1.